The van der Waals surface area contributed by atoms with E-state index in [1.807, 2.05) is 12.1 Å². The summed E-state index contributed by atoms with van der Waals surface area (Å²) < 4.78 is 16.3. The van der Waals surface area contributed by atoms with Crippen LogP contribution in [0.5, 0.6) is 11.5 Å². The Morgan fingerprint density at radius 3 is 2.63 bits per heavy atom. The van der Waals surface area contributed by atoms with Gasteiger partial charge in [0, 0.05) is 11.8 Å². The summed E-state index contributed by atoms with van der Waals surface area (Å²) in [6, 6.07) is 10.8. The molecule has 140 valence electrons. The van der Waals surface area contributed by atoms with Crippen molar-refractivity contribution in [1.29, 1.82) is 0 Å². The van der Waals surface area contributed by atoms with Crippen LogP contribution in [0.25, 0.3) is 0 Å². The van der Waals surface area contributed by atoms with E-state index >= 15 is 0 Å². The van der Waals surface area contributed by atoms with Crippen molar-refractivity contribution in [2.75, 3.05) is 18.5 Å². The van der Waals surface area contributed by atoms with Gasteiger partial charge in [0.1, 0.15) is 13.2 Å². The van der Waals surface area contributed by atoms with Crippen molar-refractivity contribution < 1.29 is 23.8 Å². The Morgan fingerprint density at radius 1 is 1.00 bits per heavy atom. The molecule has 0 bridgehead atoms. The van der Waals surface area contributed by atoms with Crippen LogP contribution in [-0.2, 0) is 22.4 Å². The van der Waals surface area contributed by atoms with Crippen molar-refractivity contribution in [2.45, 2.75) is 32.3 Å². The number of esters is 1. The number of aryl methyl sites for hydroxylation is 2. The highest BCUT2D eigenvalue weighted by molar-refractivity contribution is 5.97. The molecule has 27 heavy (non-hydrogen) atoms. The highest BCUT2D eigenvalue weighted by atomic mass is 16.6. The first-order valence-electron chi connectivity index (χ1n) is 9.13. The van der Waals surface area contributed by atoms with Gasteiger partial charge < -0.3 is 19.5 Å². The fraction of sp³-hybridized carbons (Fsp3) is 0.333. The first-order chi connectivity index (χ1) is 13.1. The highest BCUT2D eigenvalue weighted by Gasteiger charge is 2.21. The zero-order valence-electron chi connectivity index (χ0n) is 15.1. The Hall–Kier alpha value is -3.02. The van der Waals surface area contributed by atoms with Crippen molar-refractivity contribution in [3.8, 4) is 11.5 Å². The van der Waals surface area contributed by atoms with Crippen LogP contribution in [0, 0.1) is 0 Å². The molecule has 1 aliphatic heterocycles. The molecular weight excluding hydrogens is 346 g/mol. The minimum atomic E-state index is -0.918. The van der Waals surface area contributed by atoms with Crippen LogP contribution < -0.4 is 14.8 Å². The van der Waals surface area contributed by atoms with Gasteiger partial charge in [-0.1, -0.05) is 6.07 Å². The largest absolute Gasteiger partial charge is 0.486 e. The lowest BCUT2D eigenvalue weighted by Gasteiger charge is -2.19. The third-order valence-electron chi connectivity index (χ3n) is 4.80. The Labute approximate surface area is 157 Å². The predicted molar refractivity (Wildman–Crippen MR) is 99.4 cm³/mol. The third kappa shape index (κ3) is 3.74. The number of benzene rings is 2. The quantitative estimate of drug-likeness (QED) is 0.841. The number of amides is 1. The lowest BCUT2D eigenvalue weighted by molar-refractivity contribution is -0.123. The molecule has 1 aliphatic carbocycles. The summed E-state index contributed by atoms with van der Waals surface area (Å²) >= 11 is 0. The van der Waals surface area contributed by atoms with E-state index in [2.05, 4.69) is 5.32 Å². The topological polar surface area (TPSA) is 73.9 Å². The molecule has 0 saturated heterocycles. The Kier molecular flexibility index (Phi) is 4.71. The summed E-state index contributed by atoms with van der Waals surface area (Å²) in [5.41, 5.74) is 3.52. The van der Waals surface area contributed by atoms with Crippen LogP contribution in [0.3, 0.4) is 0 Å². The molecule has 0 unspecified atom stereocenters. The number of rotatable bonds is 4. The lowest BCUT2D eigenvalue weighted by Crippen LogP contribution is -2.30. The average Bonchev–Trinajstić information content (AvgIpc) is 3.15. The maximum atomic E-state index is 12.4. The van der Waals surface area contributed by atoms with Crippen LogP contribution in [0.2, 0.25) is 0 Å². The maximum Gasteiger partial charge on any atom is 0.338 e. The van der Waals surface area contributed by atoms with Gasteiger partial charge in [0.05, 0.1) is 5.56 Å². The minimum Gasteiger partial charge on any atom is -0.486 e. The fourth-order valence-electron chi connectivity index (χ4n) is 3.35. The van der Waals surface area contributed by atoms with Gasteiger partial charge in [-0.2, -0.15) is 0 Å². The van der Waals surface area contributed by atoms with Crippen LogP contribution in [-0.4, -0.2) is 31.2 Å². The van der Waals surface area contributed by atoms with Gasteiger partial charge in [-0.3, -0.25) is 4.79 Å². The molecule has 4 rings (SSSR count). The fourth-order valence-corrected chi connectivity index (χ4v) is 3.35. The second-order valence-corrected chi connectivity index (χ2v) is 6.73. The summed E-state index contributed by atoms with van der Waals surface area (Å²) in [6.45, 7) is 2.53. The van der Waals surface area contributed by atoms with Gasteiger partial charge in [-0.25, -0.2) is 4.79 Å². The number of carbonyl (C=O) groups is 2. The highest BCUT2D eigenvalue weighted by Crippen LogP contribution is 2.32. The number of fused-ring (bicyclic) bond motifs is 2. The summed E-state index contributed by atoms with van der Waals surface area (Å²) in [5.74, 6) is 0.341. The maximum absolute atomic E-state index is 12.4. The average molecular weight is 367 g/mol. The van der Waals surface area contributed by atoms with Gasteiger partial charge in [0.15, 0.2) is 17.6 Å². The Bertz CT molecular complexity index is 892. The number of hydrogen-bond acceptors (Lipinski definition) is 5. The van der Waals surface area contributed by atoms with Crippen molar-refractivity contribution in [3.63, 3.8) is 0 Å². The molecule has 0 saturated carbocycles. The monoisotopic (exact) mass is 367 g/mol. The van der Waals surface area contributed by atoms with Gasteiger partial charge in [0.2, 0.25) is 0 Å². The SMILES string of the molecule is C[C@H](OC(=O)c1ccc2c(c1)CCC2)C(=O)Nc1ccc2c(c1)OCCO2. The predicted octanol–water partition coefficient (Wildman–Crippen LogP) is 3.13. The van der Waals surface area contributed by atoms with Gasteiger partial charge in [-0.15, -0.1) is 0 Å². The zero-order chi connectivity index (χ0) is 18.8. The summed E-state index contributed by atoms with van der Waals surface area (Å²) in [7, 11) is 0. The molecule has 1 atom stereocenters. The van der Waals surface area contributed by atoms with E-state index in [4.69, 9.17) is 14.2 Å². The zero-order valence-corrected chi connectivity index (χ0v) is 15.1. The molecule has 2 aliphatic rings. The van der Waals surface area contributed by atoms with E-state index in [-0.39, 0.29) is 0 Å². The molecule has 0 radical (unpaired) electrons. The first-order valence-corrected chi connectivity index (χ1v) is 9.13. The molecule has 0 fully saturated rings. The van der Waals surface area contributed by atoms with Crippen molar-refractivity contribution >= 4 is 17.6 Å². The Morgan fingerprint density at radius 2 is 1.78 bits per heavy atom. The molecule has 0 spiro atoms. The number of ether oxygens (including phenoxy) is 3. The van der Waals surface area contributed by atoms with Gasteiger partial charge >= 0.3 is 5.97 Å². The van der Waals surface area contributed by atoms with Gasteiger partial charge in [-0.05, 0) is 61.6 Å². The number of nitrogens with one attached hydrogen (secondary N) is 1. The second-order valence-electron chi connectivity index (χ2n) is 6.73. The lowest BCUT2D eigenvalue weighted by atomic mass is 10.1. The molecular formula is C21H21NO5. The minimum absolute atomic E-state index is 0.402. The molecule has 2 aromatic rings. The summed E-state index contributed by atoms with van der Waals surface area (Å²) in [5, 5.41) is 2.74. The number of hydrogen-bond donors (Lipinski definition) is 1. The van der Waals surface area contributed by atoms with Crippen molar-refractivity contribution in [1.82, 2.24) is 0 Å². The van der Waals surface area contributed by atoms with Crippen LogP contribution in [0.15, 0.2) is 36.4 Å². The molecule has 0 aromatic heterocycles. The molecule has 1 amide bonds. The smallest absolute Gasteiger partial charge is 0.338 e. The normalized spacial score (nSPS) is 15.6. The summed E-state index contributed by atoms with van der Waals surface area (Å²) in [6.07, 6.45) is 2.23. The molecule has 1 N–H and O–H groups in total. The molecule has 6 heteroatoms. The van der Waals surface area contributed by atoms with E-state index in [1.54, 1.807) is 31.2 Å². The van der Waals surface area contributed by atoms with Crippen molar-refractivity contribution in [2.24, 2.45) is 0 Å². The number of carbonyl (C=O) groups excluding carboxylic acids is 2. The van der Waals surface area contributed by atoms with E-state index in [0.29, 0.717) is 36.0 Å². The summed E-state index contributed by atoms with van der Waals surface area (Å²) in [4.78, 5) is 24.7. The van der Waals surface area contributed by atoms with Gasteiger partial charge in [0.25, 0.3) is 5.91 Å². The van der Waals surface area contributed by atoms with Crippen LogP contribution in [0.1, 0.15) is 34.8 Å². The third-order valence-corrected chi connectivity index (χ3v) is 4.80. The standard InChI is InChI=1S/C21H21NO5/c1-13(27-21(24)16-6-5-14-3-2-4-15(14)11-16)20(23)22-17-7-8-18-19(12-17)26-10-9-25-18/h5-8,11-13H,2-4,9-10H2,1H3,(H,22,23)/t13-/m0/s1. The molecule has 1 heterocycles. The van der Waals surface area contributed by atoms with E-state index < -0.39 is 18.0 Å². The first kappa shape index (κ1) is 17.4. The Balaban J connectivity index is 1.38. The molecule has 2 aromatic carbocycles. The second kappa shape index (κ2) is 7.31. The van der Waals surface area contributed by atoms with Crippen molar-refractivity contribution in [3.05, 3.63) is 53.1 Å². The molecule has 6 nitrogen and oxygen atoms in total. The van der Waals surface area contributed by atoms with E-state index in [9.17, 15) is 9.59 Å². The van der Waals surface area contributed by atoms with E-state index in [1.165, 1.54) is 11.1 Å². The van der Waals surface area contributed by atoms with Crippen LogP contribution >= 0.6 is 0 Å². The van der Waals surface area contributed by atoms with E-state index in [0.717, 1.165) is 19.3 Å². The van der Waals surface area contributed by atoms with Crippen LogP contribution in [0.4, 0.5) is 5.69 Å². The number of anilines is 1.